The van der Waals surface area contributed by atoms with Crippen LogP contribution < -0.4 is 10.5 Å². The molecule has 0 aliphatic rings. The van der Waals surface area contributed by atoms with Gasteiger partial charge in [0.05, 0.1) is 4.90 Å². The zero-order valence-electron chi connectivity index (χ0n) is 9.02. The number of alkyl halides is 1. The van der Waals surface area contributed by atoms with Crippen LogP contribution in [0.15, 0.2) is 29.2 Å². The number of hydrogen-bond donors (Lipinski definition) is 2. The Morgan fingerprint density at radius 2 is 1.88 bits per heavy atom. The van der Waals surface area contributed by atoms with Crippen molar-refractivity contribution >= 4 is 27.5 Å². The standard InChI is InChI=1S/C10H13ClN2O3S/c11-6-5-10(14)13-7-8-1-3-9(4-2-8)17(12,15)16/h1-4H,5-7H2,(H,13,14)(H2,12,15,16). The number of benzene rings is 1. The van der Waals surface area contributed by atoms with E-state index in [1.54, 1.807) is 12.1 Å². The first-order valence-electron chi connectivity index (χ1n) is 4.88. The van der Waals surface area contributed by atoms with Gasteiger partial charge in [0.15, 0.2) is 0 Å². The number of amides is 1. The summed E-state index contributed by atoms with van der Waals surface area (Å²) in [6, 6.07) is 6.00. The van der Waals surface area contributed by atoms with Crippen molar-refractivity contribution in [2.45, 2.75) is 17.9 Å². The molecule has 0 aromatic heterocycles. The van der Waals surface area contributed by atoms with Crippen LogP contribution in [0.1, 0.15) is 12.0 Å². The molecule has 0 saturated carbocycles. The van der Waals surface area contributed by atoms with E-state index in [-0.39, 0.29) is 23.1 Å². The predicted molar refractivity (Wildman–Crippen MR) is 65.0 cm³/mol. The summed E-state index contributed by atoms with van der Waals surface area (Å²) in [4.78, 5) is 11.2. The Hall–Kier alpha value is -1.11. The van der Waals surface area contributed by atoms with Gasteiger partial charge in [-0.3, -0.25) is 4.79 Å². The molecule has 0 spiro atoms. The largest absolute Gasteiger partial charge is 0.352 e. The summed E-state index contributed by atoms with van der Waals surface area (Å²) in [5.41, 5.74) is 0.792. The molecule has 0 atom stereocenters. The molecule has 0 radical (unpaired) electrons. The Bertz CT molecular complexity index is 485. The number of rotatable bonds is 5. The number of halogens is 1. The van der Waals surface area contributed by atoms with Crippen LogP contribution in [0.4, 0.5) is 0 Å². The molecule has 3 N–H and O–H groups in total. The highest BCUT2D eigenvalue weighted by atomic mass is 35.5. The maximum absolute atomic E-state index is 11.1. The highest BCUT2D eigenvalue weighted by Gasteiger charge is 2.06. The second kappa shape index (κ2) is 6.00. The number of sulfonamides is 1. The summed E-state index contributed by atoms with van der Waals surface area (Å²) in [6.07, 6.45) is 0.261. The van der Waals surface area contributed by atoms with E-state index in [2.05, 4.69) is 5.32 Å². The highest BCUT2D eigenvalue weighted by Crippen LogP contribution is 2.08. The minimum Gasteiger partial charge on any atom is -0.352 e. The number of carbonyl (C=O) groups is 1. The van der Waals surface area contributed by atoms with E-state index in [4.69, 9.17) is 16.7 Å². The lowest BCUT2D eigenvalue weighted by atomic mass is 10.2. The molecule has 0 saturated heterocycles. The Balaban J connectivity index is 2.60. The average Bonchev–Trinajstić information content (AvgIpc) is 2.26. The minimum absolute atomic E-state index is 0.0494. The van der Waals surface area contributed by atoms with Crippen molar-refractivity contribution in [3.8, 4) is 0 Å². The van der Waals surface area contributed by atoms with E-state index >= 15 is 0 Å². The Labute approximate surface area is 105 Å². The van der Waals surface area contributed by atoms with E-state index in [0.717, 1.165) is 5.56 Å². The Morgan fingerprint density at radius 3 is 2.35 bits per heavy atom. The van der Waals surface area contributed by atoms with Crippen LogP contribution in [0, 0.1) is 0 Å². The third-order valence-corrected chi connectivity index (χ3v) is 3.18. The smallest absolute Gasteiger partial charge is 0.238 e. The molecule has 0 bridgehead atoms. The van der Waals surface area contributed by atoms with Gasteiger partial charge in [-0.1, -0.05) is 12.1 Å². The highest BCUT2D eigenvalue weighted by molar-refractivity contribution is 7.89. The SMILES string of the molecule is NS(=O)(=O)c1ccc(CNC(=O)CCCl)cc1. The number of nitrogens with one attached hydrogen (secondary N) is 1. The number of nitrogens with two attached hydrogens (primary N) is 1. The summed E-state index contributed by atoms with van der Waals surface area (Å²) in [5, 5.41) is 7.61. The van der Waals surface area contributed by atoms with Crippen molar-refractivity contribution in [2.24, 2.45) is 5.14 Å². The number of carbonyl (C=O) groups excluding carboxylic acids is 1. The first-order chi connectivity index (χ1) is 7.93. The van der Waals surface area contributed by atoms with Crippen LogP contribution in [0.5, 0.6) is 0 Å². The molecule has 1 aromatic carbocycles. The minimum atomic E-state index is -3.66. The molecule has 0 heterocycles. The van der Waals surface area contributed by atoms with Gasteiger partial charge in [0.2, 0.25) is 15.9 Å². The summed E-state index contributed by atoms with van der Waals surface area (Å²) in [6.45, 7) is 0.334. The van der Waals surface area contributed by atoms with Crippen LogP contribution in [0.3, 0.4) is 0 Å². The van der Waals surface area contributed by atoms with Gasteiger partial charge in [0.1, 0.15) is 0 Å². The van der Waals surface area contributed by atoms with E-state index in [1.807, 2.05) is 0 Å². The molecule has 0 aliphatic heterocycles. The Morgan fingerprint density at radius 1 is 1.29 bits per heavy atom. The predicted octanol–water partition coefficient (Wildman–Crippen LogP) is 0.579. The first kappa shape index (κ1) is 14.0. The van der Waals surface area contributed by atoms with Crippen molar-refractivity contribution in [3.63, 3.8) is 0 Å². The van der Waals surface area contributed by atoms with Crippen LogP contribution >= 0.6 is 11.6 Å². The van der Waals surface area contributed by atoms with Gasteiger partial charge in [-0.2, -0.15) is 0 Å². The quantitative estimate of drug-likeness (QED) is 0.771. The van der Waals surface area contributed by atoms with Gasteiger partial charge in [-0.05, 0) is 17.7 Å². The lowest BCUT2D eigenvalue weighted by Crippen LogP contribution is -2.22. The fraction of sp³-hybridized carbons (Fsp3) is 0.300. The molecule has 5 nitrogen and oxygen atoms in total. The summed E-state index contributed by atoms with van der Waals surface area (Å²) in [7, 11) is -3.66. The molecular formula is C10H13ClN2O3S. The summed E-state index contributed by atoms with van der Waals surface area (Å²) in [5.74, 6) is 0.131. The lowest BCUT2D eigenvalue weighted by molar-refractivity contribution is -0.120. The van der Waals surface area contributed by atoms with Gasteiger partial charge in [-0.15, -0.1) is 11.6 Å². The molecule has 1 rings (SSSR count). The molecule has 0 unspecified atom stereocenters. The fourth-order valence-corrected chi connectivity index (χ4v) is 1.86. The maximum atomic E-state index is 11.1. The summed E-state index contributed by atoms with van der Waals surface area (Å²) >= 11 is 5.41. The normalized spacial score (nSPS) is 11.2. The van der Waals surface area contributed by atoms with E-state index in [0.29, 0.717) is 6.54 Å². The first-order valence-corrected chi connectivity index (χ1v) is 6.96. The molecular weight excluding hydrogens is 264 g/mol. The fourth-order valence-electron chi connectivity index (χ4n) is 1.17. The monoisotopic (exact) mass is 276 g/mol. The third-order valence-electron chi connectivity index (χ3n) is 2.06. The van der Waals surface area contributed by atoms with E-state index in [1.165, 1.54) is 12.1 Å². The third kappa shape index (κ3) is 4.72. The van der Waals surface area contributed by atoms with Crippen molar-refractivity contribution in [3.05, 3.63) is 29.8 Å². The van der Waals surface area contributed by atoms with Crippen LogP contribution in [-0.2, 0) is 21.4 Å². The van der Waals surface area contributed by atoms with Crippen molar-refractivity contribution in [2.75, 3.05) is 5.88 Å². The zero-order valence-corrected chi connectivity index (χ0v) is 10.6. The van der Waals surface area contributed by atoms with Gasteiger partial charge >= 0.3 is 0 Å². The second-order valence-electron chi connectivity index (χ2n) is 3.40. The van der Waals surface area contributed by atoms with Gasteiger partial charge in [0, 0.05) is 18.8 Å². The molecule has 1 aromatic rings. The molecule has 7 heteroatoms. The van der Waals surface area contributed by atoms with Gasteiger partial charge in [0.25, 0.3) is 0 Å². The van der Waals surface area contributed by atoms with Crippen LogP contribution in [0.25, 0.3) is 0 Å². The maximum Gasteiger partial charge on any atom is 0.238 e. The van der Waals surface area contributed by atoms with Gasteiger partial charge in [-0.25, -0.2) is 13.6 Å². The molecule has 0 aliphatic carbocycles. The molecule has 0 fully saturated rings. The lowest BCUT2D eigenvalue weighted by Gasteiger charge is -2.05. The Kier molecular flexibility index (Phi) is 4.92. The van der Waals surface area contributed by atoms with Crippen molar-refractivity contribution in [1.82, 2.24) is 5.32 Å². The second-order valence-corrected chi connectivity index (χ2v) is 5.34. The van der Waals surface area contributed by atoms with E-state index in [9.17, 15) is 13.2 Å². The number of hydrogen-bond acceptors (Lipinski definition) is 3. The summed E-state index contributed by atoms with van der Waals surface area (Å²) < 4.78 is 22.0. The molecule has 1 amide bonds. The zero-order chi connectivity index (χ0) is 12.9. The van der Waals surface area contributed by atoms with E-state index < -0.39 is 10.0 Å². The van der Waals surface area contributed by atoms with Gasteiger partial charge < -0.3 is 5.32 Å². The topological polar surface area (TPSA) is 89.3 Å². The van der Waals surface area contributed by atoms with Crippen molar-refractivity contribution < 1.29 is 13.2 Å². The molecule has 94 valence electrons. The van der Waals surface area contributed by atoms with Crippen LogP contribution in [-0.4, -0.2) is 20.2 Å². The number of primary sulfonamides is 1. The molecule has 17 heavy (non-hydrogen) atoms. The average molecular weight is 277 g/mol. The van der Waals surface area contributed by atoms with Crippen LogP contribution in [0.2, 0.25) is 0 Å². The van der Waals surface area contributed by atoms with Crippen molar-refractivity contribution in [1.29, 1.82) is 0 Å².